The number of benzene rings is 3. The number of rotatable bonds is 9. The maximum atomic E-state index is 13.7. The van der Waals surface area contributed by atoms with E-state index in [1.165, 1.54) is 51.8 Å². The van der Waals surface area contributed by atoms with Crippen molar-refractivity contribution >= 4 is 22.7 Å². The topological polar surface area (TPSA) is 175 Å². The van der Waals surface area contributed by atoms with E-state index in [4.69, 9.17) is 5.11 Å². The van der Waals surface area contributed by atoms with E-state index in [-0.39, 0.29) is 40.6 Å². The molecule has 6 rings (SSSR count). The molecule has 52 heavy (non-hydrogen) atoms. The number of halogens is 2. The fourth-order valence-electron chi connectivity index (χ4n) is 5.09. The highest BCUT2D eigenvalue weighted by Crippen LogP contribution is 2.28. The van der Waals surface area contributed by atoms with E-state index in [1.807, 2.05) is 12.1 Å². The molecular weight excluding hydrogens is 668 g/mol. The van der Waals surface area contributed by atoms with Gasteiger partial charge in [0.2, 0.25) is 0 Å². The van der Waals surface area contributed by atoms with Gasteiger partial charge < -0.3 is 15.7 Å². The molecule has 0 aliphatic carbocycles. The van der Waals surface area contributed by atoms with E-state index in [0.717, 1.165) is 5.56 Å². The van der Waals surface area contributed by atoms with Crippen molar-refractivity contribution in [2.75, 3.05) is 10.6 Å². The summed E-state index contributed by atoms with van der Waals surface area (Å²) < 4.78 is 29.3. The number of aryl methyl sites for hydroxylation is 2. The van der Waals surface area contributed by atoms with Crippen LogP contribution in [0.25, 0.3) is 22.5 Å². The summed E-state index contributed by atoms with van der Waals surface area (Å²) in [6, 6.07) is 25.7. The molecule has 0 radical (unpaired) electrons. The van der Waals surface area contributed by atoms with E-state index in [1.54, 1.807) is 68.7 Å². The summed E-state index contributed by atoms with van der Waals surface area (Å²) in [6.45, 7) is 4.08. The predicted octanol–water partition coefficient (Wildman–Crippen LogP) is 6.26. The molecule has 3 aromatic heterocycles. The second-order valence-corrected chi connectivity index (χ2v) is 11.0. The molecule has 0 amide bonds. The fourth-order valence-corrected chi connectivity index (χ4v) is 5.09. The summed E-state index contributed by atoms with van der Waals surface area (Å²) in [4.78, 5) is 29.3. The number of nitrogens with zero attached hydrogens (tertiary/aromatic N) is 7. The van der Waals surface area contributed by atoms with Crippen LogP contribution >= 0.6 is 0 Å². The second kappa shape index (κ2) is 16.6. The highest BCUT2D eigenvalue weighted by molar-refractivity contribution is 5.77. The van der Waals surface area contributed by atoms with E-state index in [2.05, 4.69) is 25.8 Å². The van der Waals surface area contributed by atoms with Crippen LogP contribution in [0.3, 0.4) is 0 Å². The number of nitriles is 2. The summed E-state index contributed by atoms with van der Waals surface area (Å²) in [5, 5.41) is 42.9. The van der Waals surface area contributed by atoms with Crippen LogP contribution in [0.5, 0.6) is 0 Å². The van der Waals surface area contributed by atoms with Gasteiger partial charge in [-0.1, -0.05) is 24.3 Å². The first-order valence-electron chi connectivity index (χ1n) is 16.0. The minimum Gasteiger partial charge on any atom is -0.392 e. The van der Waals surface area contributed by atoms with Gasteiger partial charge in [0.1, 0.15) is 57.7 Å². The molecule has 0 spiro atoms. The molecule has 0 saturated heterocycles. The first-order valence-corrected chi connectivity index (χ1v) is 16.0. The van der Waals surface area contributed by atoms with Crippen molar-refractivity contribution in [2.45, 2.75) is 33.5 Å². The van der Waals surface area contributed by atoms with Crippen molar-refractivity contribution in [1.29, 1.82) is 10.5 Å². The summed E-state index contributed by atoms with van der Waals surface area (Å²) in [6.07, 6.45) is 3.16. The molecule has 260 valence electrons. The fraction of sp³-hybridized carbons (Fsp3) is 0.132. The number of aliphatic hydroxyl groups is 1. The number of aromatic nitrogens is 5. The average molecular weight is 700 g/mol. The van der Waals surface area contributed by atoms with Crippen LogP contribution in [0.15, 0.2) is 107 Å². The van der Waals surface area contributed by atoms with Crippen molar-refractivity contribution in [3.05, 3.63) is 146 Å². The lowest BCUT2D eigenvalue weighted by molar-refractivity contribution is 0.282. The highest BCUT2D eigenvalue weighted by Gasteiger charge is 2.20. The Morgan fingerprint density at radius 3 is 1.79 bits per heavy atom. The van der Waals surface area contributed by atoms with Gasteiger partial charge in [0.05, 0.1) is 18.5 Å². The van der Waals surface area contributed by atoms with Crippen molar-refractivity contribution < 1.29 is 13.9 Å². The monoisotopic (exact) mass is 699 g/mol. The minimum atomic E-state index is -0.457. The van der Waals surface area contributed by atoms with Crippen molar-refractivity contribution in [3.63, 3.8) is 0 Å². The van der Waals surface area contributed by atoms with Crippen LogP contribution in [-0.2, 0) is 19.7 Å². The van der Waals surface area contributed by atoms with Gasteiger partial charge in [0.25, 0.3) is 11.1 Å². The smallest absolute Gasteiger partial charge is 0.291 e. The van der Waals surface area contributed by atoms with Crippen molar-refractivity contribution in [2.24, 2.45) is 0 Å². The number of nitrogens with one attached hydrogen (secondary N) is 2. The van der Waals surface area contributed by atoms with Crippen LogP contribution in [0, 0.1) is 34.3 Å². The maximum Gasteiger partial charge on any atom is 0.291 e. The molecule has 0 saturated carbocycles. The first-order chi connectivity index (χ1) is 25.2. The molecule has 6 aromatic rings. The summed E-state index contributed by atoms with van der Waals surface area (Å²) in [7, 11) is 0. The molecule has 0 bridgehead atoms. The third kappa shape index (κ3) is 8.05. The van der Waals surface area contributed by atoms with Gasteiger partial charge in [-0.05, 0) is 80.1 Å². The molecule has 0 unspecified atom stereocenters. The molecule has 3 heterocycles. The number of aliphatic hydroxyl groups excluding tert-OH is 1. The first kappa shape index (κ1) is 36.3. The van der Waals surface area contributed by atoms with E-state index >= 15 is 0 Å². The van der Waals surface area contributed by atoms with Crippen LogP contribution in [0.2, 0.25) is 0 Å². The molecular formula is C38H31F2N9O3. The predicted molar refractivity (Wildman–Crippen MR) is 192 cm³/mol. The zero-order chi connectivity index (χ0) is 37.2. The number of hydrogen-bond donors (Lipinski definition) is 3. The third-order valence-electron chi connectivity index (χ3n) is 7.69. The van der Waals surface area contributed by atoms with Crippen LogP contribution in [0.1, 0.15) is 30.5 Å². The maximum absolute atomic E-state index is 13.7. The lowest BCUT2D eigenvalue weighted by atomic mass is 10.1. The van der Waals surface area contributed by atoms with Crippen molar-refractivity contribution in [1.82, 2.24) is 24.5 Å². The molecule has 0 atom stereocenters. The van der Waals surface area contributed by atoms with Gasteiger partial charge in [0.15, 0.2) is 0 Å². The Hall–Kier alpha value is -7.03. The van der Waals surface area contributed by atoms with Crippen LogP contribution < -0.4 is 21.8 Å². The Balaban J connectivity index is 0.000000202. The van der Waals surface area contributed by atoms with Gasteiger partial charge in [-0.3, -0.25) is 14.6 Å². The van der Waals surface area contributed by atoms with Gasteiger partial charge >= 0.3 is 0 Å². The Labute approximate surface area is 296 Å². The Bertz CT molecular complexity index is 2400. The largest absolute Gasteiger partial charge is 0.392 e. The van der Waals surface area contributed by atoms with Gasteiger partial charge in [-0.25, -0.2) is 18.1 Å². The Morgan fingerprint density at radius 2 is 1.29 bits per heavy atom. The van der Waals surface area contributed by atoms with Gasteiger partial charge in [-0.2, -0.15) is 20.7 Å². The van der Waals surface area contributed by atoms with E-state index in [0.29, 0.717) is 41.3 Å². The van der Waals surface area contributed by atoms with Crippen LogP contribution in [0.4, 0.5) is 31.5 Å². The van der Waals surface area contributed by atoms with Crippen molar-refractivity contribution in [3.8, 4) is 34.7 Å². The number of pyridine rings is 1. The number of hydrogen-bond acceptors (Lipinski definition) is 10. The Morgan fingerprint density at radius 1 is 0.712 bits per heavy atom. The summed E-state index contributed by atoms with van der Waals surface area (Å²) in [5.41, 5.74) is 2.88. The molecule has 12 nitrogen and oxygen atoms in total. The number of anilines is 4. The highest BCUT2D eigenvalue weighted by atomic mass is 19.1. The average Bonchev–Trinajstić information content (AvgIpc) is 3.17. The SMILES string of the molecule is CCn1nc(-c2ccc(F)cc2)c(C#N)c(Nc2cccnc2)c1=O.CCn1nc(-c2cccc(F)c2)c(C#N)c(Nc2ccc(CO)cc2)c1=O. The van der Waals surface area contributed by atoms with Crippen LogP contribution in [-0.4, -0.2) is 29.7 Å². The van der Waals surface area contributed by atoms with Gasteiger partial charge in [0, 0.05) is 36.1 Å². The zero-order valence-corrected chi connectivity index (χ0v) is 28.0. The lowest BCUT2D eigenvalue weighted by Crippen LogP contribution is -2.26. The summed E-state index contributed by atoms with van der Waals surface area (Å²) >= 11 is 0. The normalized spacial score (nSPS) is 10.4. The van der Waals surface area contributed by atoms with E-state index in [9.17, 15) is 28.9 Å². The molecule has 0 aliphatic rings. The lowest BCUT2D eigenvalue weighted by Gasteiger charge is -2.14. The quantitative estimate of drug-likeness (QED) is 0.156. The zero-order valence-electron chi connectivity index (χ0n) is 28.0. The molecule has 14 heteroatoms. The molecule has 3 N–H and O–H groups in total. The molecule has 3 aromatic carbocycles. The molecule has 0 fully saturated rings. The molecule has 0 aliphatic heterocycles. The standard InChI is InChI=1S/C20H17FN4O2.C18H14FN5O/c1-2-25-20(27)19(23-16-8-6-13(12-26)7-9-16)17(11-22)18(24-25)14-4-3-5-15(21)10-14;1-2-24-18(25)17(22-14-4-3-9-21-11-14)15(10-20)16(23-24)12-5-7-13(19)8-6-12/h3-10,23,26H,2,12H2,1H3;3-9,11,22H,2H2,1H3. The second-order valence-electron chi connectivity index (χ2n) is 11.0. The minimum absolute atomic E-state index is 0.0431. The van der Waals surface area contributed by atoms with Gasteiger partial charge in [-0.15, -0.1) is 0 Å². The third-order valence-corrected chi connectivity index (χ3v) is 7.69. The Kier molecular flexibility index (Phi) is 11.6. The van der Waals surface area contributed by atoms with E-state index < -0.39 is 16.9 Å². The summed E-state index contributed by atoms with van der Waals surface area (Å²) in [5.74, 6) is -0.846.